The lowest BCUT2D eigenvalue weighted by Gasteiger charge is -2.24. The zero-order valence-electron chi connectivity index (χ0n) is 31.7. The predicted molar refractivity (Wildman–Crippen MR) is 198 cm³/mol. The largest absolute Gasteiger partial charge is 0.444 e. The van der Waals surface area contributed by atoms with Gasteiger partial charge in [-0.05, 0) is 20.8 Å². The van der Waals surface area contributed by atoms with Crippen molar-refractivity contribution in [2.24, 2.45) is 0 Å². The number of alkyl halides is 1. The lowest BCUT2D eigenvalue weighted by molar-refractivity contribution is -0.0290. The molecule has 16 nitrogen and oxygen atoms in total. The van der Waals surface area contributed by atoms with Gasteiger partial charge in [0.25, 0.3) is 0 Å². The van der Waals surface area contributed by atoms with Crippen LogP contribution in [0.3, 0.4) is 0 Å². The van der Waals surface area contributed by atoms with Crippen molar-refractivity contribution in [1.29, 1.82) is 0 Å². The molecule has 0 aromatic carbocycles. The van der Waals surface area contributed by atoms with Gasteiger partial charge in [0, 0.05) is 18.0 Å². The van der Waals surface area contributed by atoms with Crippen molar-refractivity contribution in [3.63, 3.8) is 0 Å². The maximum absolute atomic E-state index is 11.9. The first kappa shape index (κ1) is 50.5. The van der Waals surface area contributed by atoms with Gasteiger partial charge in [-0.15, -0.1) is 0 Å². The molecule has 0 heterocycles. The third kappa shape index (κ3) is 43.8. The van der Waals surface area contributed by atoms with E-state index in [9.17, 15) is 4.79 Å². The number of amides is 1. The Morgan fingerprint density at radius 1 is 0.392 bits per heavy atom. The van der Waals surface area contributed by atoms with Gasteiger partial charge in [-0.1, -0.05) is 22.6 Å². The van der Waals surface area contributed by atoms with E-state index in [0.717, 1.165) is 11.0 Å². The SMILES string of the molecule is CN(CCOCCOCCOCCOCCOCCOCCOCCOCCOCCOCCOCCOCCOCCI)C(=O)OC(C)(C)C. The molecule has 0 fully saturated rings. The molecule has 0 rings (SSSR count). The first-order valence-electron chi connectivity index (χ1n) is 17.9. The minimum absolute atomic E-state index is 0.365. The van der Waals surface area contributed by atoms with Crippen LogP contribution in [0, 0.1) is 0 Å². The molecular weight excluding hydrogens is 789 g/mol. The summed E-state index contributed by atoms with van der Waals surface area (Å²) in [4.78, 5) is 13.4. The van der Waals surface area contributed by atoms with Gasteiger partial charge in [-0.3, -0.25) is 0 Å². The number of hydrogen-bond acceptors (Lipinski definition) is 15. The fraction of sp³-hybridized carbons (Fsp3) is 0.971. The van der Waals surface area contributed by atoms with Crippen molar-refractivity contribution >= 4 is 28.7 Å². The van der Waals surface area contributed by atoms with Crippen LogP contribution < -0.4 is 0 Å². The summed E-state index contributed by atoms with van der Waals surface area (Å²) in [6.07, 6.45) is -0.365. The Hall–Kier alpha value is -0.520. The lowest BCUT2D eigenvalue weighted by Crippen LogP contribution is -2.36. The number of halogens is 1. The van der Waals surface area contributed by atoms with E-state index in [4.69, 9.17) is 66.3 Å². The topological polar surface area (TPSA) is 150 Å². The Bertz CT molecular complexity index is 709. The lowest BCUT2D eigenvalue weighted by atomic mass is 10.2. The maximum Gasteiger partial charge on any atom is 0.410 e. The highest BCUT2D eigenvalue weighted by Gasteiger charge is 2.19. The molecule has 0 N–H and O–H groups in total. The van der Waals surface area contributed by atoms with E-state index in [2.05, 4.69) is 22.6 Å². The molecule has 0 aromatic rings. The summed E-state index contributed by atoms with van der Waals surface area (Å²) in [6, 6.07) is 0. The van der Waals surface area contributed by atoms with Crippen molar-refractivity contribution in [2.75, 3.05) is 190 Å². The third-order valence-corrected chi connectivity index (χ3v) is 6.40. The summed E-state index contributed by atoms with van der Waals surface area (Å²) in [6.45, 7) is 19.4. The van der Waals surface area contributed by atoms with Crippen LogP contribution in [0.1, 0.15) is 20.8 Å². The van der Waals surface area contributed by atoms with E-state index in [1.165, 1.54) is 4.90 Å². The Morgan fingerprint density at radius 2 is 0.588 bits per heavy atom. The van der Waals surface area contributed by atoms with Gasteiger partial charge < -0.3 is 71.2 Å². The molecule has 0 aromatic heterocycles. The number of rotatable bonds is 41. The highest BCUT2D eigenvalue weighted by molar-refractivity contribution is 14.1. The quantitative estimate of drug-likeness (QED) is 0.0504. The zero-order chi connectivity index (χ0) is 37.4. The molecule has 51 heavy (non-hydrogen) atoms. The highest BCUT2D eigenvalue weighted by atomic mass is 127. The standard InChI is InChI=1S/C34H68INO15/c1-34(2,3)51-33(37)36(4)6-8-39-10-12-41-14-16-43-18-20-45-22-24-47-26-28-49-30-32-50-31-29-48-27-25-46-23-21-44-19-17-42-15-13-40-11-9-38-7-5-35/h5-32H2,1-4H3. The average molecular weight is 858 g/mol. The minimum Gasteiger partial charge on any atom is -0.444 e. The van der Waals surface area contributed by atoms with E-state index < -0.39 is 5.60 Å². The van der Waals surface area contributed by atoms with Gasteiger partial charge >= 0.3 is 6.09 Å². The second-order valence-corrected chi connectivity index (χ2v) is 12.6. The van der Waals surface area contributed by atoms with Crippen LogP contribution in [0.2, 0.25) is 0 Å². The van der Waals surface area contributed by atoms with Crippen molar-refractivity contribution in [2.45, 2.75) is 26.4 Å². The van der Waals surface area contributed by atoms with Gasteiger partial charge in [-0.25, -0.2) is 4.79 Å². The van der Waals surface area contributed by atoms with Crippen LogP contribution in [0.25, 0.3) is 0 Å². The summed E-state index contributed by atoms with van der Waals surface area (Å²) in [5.41, 5.74) is -0.511. The fourth-order valence-corrected chi connectivity index (χ4v) is 3.74. The molecule has 0 saturated carbocycles. The number of likely N-dealkylation sites (N-methyl/N-ethyl adjacent to an activating group) is 1. The first-order valence-corrected chi connectivity index (χ1v) is 19.4. The number of ether oxygens (including phenoxy) is 14. The van der Waals surface area contributed by atoms with Gasteiger partial charge in [0.1, 0.15) is 5.60 Å². The fourth-order valence-electron chi connectivity index (χ4n) is 3.43. The van der Waals surface area contributed by atoms with Gasteiger partial charge in [0.2, 0.25) is 0 Å². The summed E-state index contributed by atoms with van der Waals surface area (Å²) in [5, 5.41) is 0. The molecule has 0 aliphatic rings. The molecule has 0 saturated heterocycles. The predicted octanol–water partition coefficient (Wildman–Crippen LogP) is 2.50. The summed E-state index contributed by atoms with van der Waals surface area (Å²) < 4.78 is 77.2. The second kappa shape index (κ2) is 40.7. The Balaban J connectivity index is 3.13. The third-order valence-electron chi connectivity index (χ3n) is 5.96. The Labute approximate surface area is 320 Å². The number of hydrogen-bond donors (Lipinski definition) is 0. The van der Waals surface area contributed by atoms with E-state index in [1.807, 2.05) is 20.8 Å². The molecule has 17 heteroatoms. The maximum atomic E-state index is 11.9. The van der Waals surface area contributed by atoms with Crippen LogP contribution in [0.15, 0.2) is 0 Å². The number of nitrogens with zero attached hydrogens (tertiary/aromatic N) is 1. The molecule has 0 atom stereocenters. The molecule has 0 radical (unpaired) electrons. The van der Waals surface area contributed by atoms with Gasteiger partial charge in [-0.2, -0.15) is 0 Å². The first-order chi connectivity index (χ1) is 24.9. The average Bonchev–Trinajstić information content (AvgIpc) is 3.10. The van der Waals surface area contributed by atoms with E-state index in [0.29, 0.717) is 172 Å². The molecule has 0 bridgehead atoms. The minimum atomic E-state index is -0.511. The molecule has 0 unspecified atom stereocenters. The van der Waals surface area contributed by atoms with Crippen molar-refractivity contribution < 1.29 is 71.1 Å². The molecular formula is C34H68INO15. The van der Waals surface area contributed by atoms with Crippen LogP contribution >= 0.6 is 22.6 Å². The molecule has 306 valence electrons. The Kier molecular flexibility index (Phi) is 40.2. The van der Waals surface area contributed by atoms with Crippen LogP contribution in [0.4, 0.5) is 4.79 Å². The van der Waals surface area contributed by atoms with E-state index in [-0.39, 0.29) is 6.09 Å². The van der Waals surface area contributed by atoms with Gasteiger partial charge in [0.05, 0.1) is 172 Å². The van der Waals surface area contributed by atoms with E-state index >= 15 is 0 Å². The summed E-state index contributed by atoms with van der Waals surface area (Å²) in [5.74, 6) is 0. The van der Waals surface area contributed by atoms with Gasteiger partial charge in [0.15, 0.2) is 0 Å². The van der Waals surface area contributed by atoms with Crippen molar-refractivity contribution in [3.05, 3.63) is 0 Å². The van der Waals surface area contributed by atoms with Crippen molar-refractivity contribution in [3.8, 4) is 0 Å². The summed E-state index contributed by atoms with van der Waals surface area (Å²) >= 11 is 2.28. The van der Waals surface area contributed by atoms with Crippen molar-refractivity contribution in [1.82, 2.24) is 4.90 Å². The Morgan fingerprint density at radius 3 is 0.784 bits per heavy atom. The highest BCUT2D eigenvalue weighted by Crippen LogP contribution is 2.08. The second-order valence-electron chi connectivity index (χ2n) is 11.6. The molecule has 1 amide bonds. The molecule has 0 aliphatic carbocycles. The summed E-state index contributed by atoms with van der Waals surface area (Å²) in [7, 11) is 1.68. The molecule has 0 aliphatic heterocycles. The number of carbonyl (C=O) groups is 1. The smallest absolute Gasteiger partial charge is 0.410 e. The molecule has 0 spiro atoms. The van der Waals surface area contributed by atoms with Crippen LogP contribution in [0.5, 0.6) is 0 Å². The number of carbonyl (C=O) groups excluding carboxylic acids is 1. The van der Waals surface area contributed by atoms with Crippen LogP contribution in [-0.4, -0.2) is 206 Å². The van der Waals surface area contributed by atoms with E-state index in [1.54, 1.807) is 7.05 Å². The normalized spacial score (nSPS) is 11.8. The van der Waals surface area contributed by atoms with Crippen LogP contribution in [-0.2, 0) is 66.3 Å². The zero-order valence-corrected chi connectivity index (χ0v) is 33.9. The monoisotopic (exact) mass is 857 g/mol.